The molecule has 3 aromatic rings. The van der Waals surface area contributed by atoms with Gasteiger partial charge < -0.3 is 26.6 Å². The highest BCUT2D eigenvalue weighted by Crippen LogP contribution is 2.17. The van der Waals surface area contributed by atoms with Crippen LogP contribution in [0.1, 0.15) is 24.8 Å². The van der Waals surface area contributed by atoms with Crippen molar-refractivity contribution in [2.75, 3.05) is 31.5 Å². The van der Waals surface area contributed by atoms with Gasteiger partial charge in [-0.3, -0.25) is 24.2 Å². The van der Waals surface area contributed by atoms with E-state index < -0.39 is 29.7 Å². The first-order chi connectivity index (χ1) is 19.8. The second kappa shape index (κ2) is 15.9. The van der Waals surface area contributed by atoms with Crippen LogP contribution in [0.25, 0.3) is 10.9 Å². The van der Waals surface area contributed by atoms with Crippen molar-refractivity contribution in [3.63, 3.8) is 0 Å². The van der Waals surface area contributed by atoms with Crippen LogP contribution in [-0.2, 0) is 25.6 Å². The summed E-state index contributed by atoms with van der Waals surface area (Å²) in [6.07, 6.45) is 2.87. The summed E-state index contributed by atoms with van der Waals surface area (Å²) in [6.45, 7) is 8.26. The number of nitrogens with one attached hydrogen (secondary N) is 3. The molecule has 0 bridgehead atoms. The van der Waals surface area contributed by atoms with Gasteiger partial charge in [-0.25, -0.2) is 0 Å². The SMILES string of the molecule is [CH2+]CCN(CCN)C(=O)CC([CH2+])C(=O)NCC(=O)NC(CCc1ccccc1)C(=O)Nc1cnc2ccccc2c1. The normalized spacial score (nSPS) is 12.2. The Morgan fingerprint density at radius 1 is 0.976 bits per heavy atom. The maximum Gasteiger partial charge on any atom is 0.268 e. The molecule has 2 aromatic carbocycles. The standard InChI is InChI=1S/C31H36N6O4/c1-3-16-37(17-15-32)29(39)18-22(2)30(40)34-21-28(38)36-27(14-13-23-9-5-4-6-10-23)31(41)35-25-19-24-11-7-8-12-26(24)33-20-25/h4-12,19-20,22,27H,1-3,13-18,21,32H2,(H-2,34,35,36,38,40,41)/p+2. The minimum Gasteiger partial charge on any atom is -0.343 e. The Kier molecular flexibility index (Phi) is 12.0. The molecule has 3 rings (SSSR count). The number of para-hydroxylation sites is 1. The van der Waals surface area contributed by atoms with E-state index in [1.165, 1.54) is 0 Å². The molecule has 0 aliphatic heterocycles. The molecule has 1 heterocycles. The van der Waals surface area contributed by atoms with Gasteiger partial charge in [0.1, 0.15) is 12.5 Å². The molecular weight excluding hydrogens is 520 g/mol. The van der Waals surface area contributed by atoms with Crippen molar-refractivity contribution < 1.29 is 19.2 Å². The molecule has 4 amide bonds. The number of carbonyl (C=O) groups is 4. The largest absolute Gasteiger partial charge is 0.343 e. The Bertz CT molecular complexity index is 1310. The van der Waals surface area contributed by atoms with Crippen molar-refractivity contribution in [1.82, 2.24) is 20.5 Å². The Morgan fingerprint density at radius 2 is 1.71 bits per heavy atom. The van der Waals surface area contributed by atoms with E-state index in [0.717, 1.165) is 16.5 Å². The van der Waals surface area contributed by atoms with Crippen molar-refractivity contribution in [2.45, 2.75) is 31.7 Å². The van der Waals surface area contributed by atoms with Crippen LogP contribution in [0, 0.1) is 19.8 Å². The molecule has 0 aliphatic rings. The summed E-state index contributed by atoms with van der Waals surface area (Å²) in [4.78, 5) is 57.0. The number of aromatic nitrogens is 1. The summed E-state index contributed by atoms with van der Waals surface area (Å²) in [5.74, 6) is -2.62. The van der Waals surface area contributed by atoms with Gasteiger partial charge in [-0.05, 0) is 30.5 Å². The molecule has 2 atom stereocenters. The van der Waals surface area contributed by atoms with Gasteiger partial charge >= 0.3 is 0 Å². The number of benzene rings is 2. The first-order valence-corrected chi connectivity index (χ1v) is 13.7. The first-order valence-electron chi connectivity index (χ1n) is 13.7. The number of fused-ring (bicyclic) bond motifs is 1. The summed E-state index contributed by atoms with van der Waals surface area (Å²) >= 11 is 0. The average molecular weight is 559 g/mol. The van der Waals surface area contributed by atoms with E-state index in [2.05, 4.69) is 34.8 Å². The van der Waals surface area contributed by atoms with E-state index in [9.17, 15) is 19.2 Å². The topological polar surface area (TPSA) is 147 Å². The lowest BCUT2D eigenvalue weighted by Crippen LogP contribution is -2.48. The Morgan fingerprint density at radius 3 is 2.44 bits per heavy atom. The third-order valence-electron chi connectivity index (χ3n) is 6.47. The zero-order chi connectivity index (χ0) is 29.6. The third-order valence-corrected chi connectivity index (χ3v) is 6.47. The van der Waals surface area contributed by atoms with Crippen molar-refractivity contribution in [1.29, 1.82) is 0 Å². The maximum atomic E-state index is 13.2. The van der Waals surface area contributed by atoms with Crippen LogP contribution in [-0.4, -0.2) is 65.7 Å². The Labute approximate surface area is 241 Å². The predicted octanol–water partition coefficient (Wildman–Crippen LogP) is 2.26. The fourth-order valence-electron chi connectivity index (χ4n) is 4.29. The molecular formula is C31H38N6O4+2. The molecule has 214 valence electrons. The molecule has 0 aliphatic carbocycles. The second-order valence-electron chi connectivity index (χ2n) is 9.69. The van der Waals surface area contributed by atoms with Crippen LogP contribution in [0.15, 0.2) is 66.9 Å². The monoisotopic (exact) mass is 558 g/mol. The molecule has 0 radical (unpaired) electrons. The molecule has 0 saturated carbocycles. The molecule has 41 heavy (non-hydrogen) atoms. The fraction of sp³-hybridized carbons (Fsp3) is 0.323. The summed E-state index contributed by atoms with van der Waals surface area (Å²) in [7, 11) is 0. The van der Waals surface area contributed by atoms with Crippen LogP contribution in [0.2, 0.25) is 0 Å². The van der Waals surface area contributed by atoms with Crippen LogP contribution in [0.4, 0.5) is 5.69 Å². The van der Waals surface area contributed by atoms with Crippen molar-refractivity contribution >= 4 is 40.2 Å². The van der Waals surface area contributed by atoms with Crippen molar-refractivity contribution in [2.24, 2.45) is 11.7 Å². The molecule has 2 unspecified atom stereocenters. The van der Waals surface area contributed by atoms with Crippen molar-refractivity contribution in [3.05, 3.63) is 86.3 Å². The molecule has 0 saturated heterocycles. The minimum absolute atomic E-state index is 0.116. The highest BCUT2D eigenvalue weighted by Gasteiger charge is 2.27. The van der Waals surface area contributed by atoms with Gasteiger partial charge in [0.25, 0.3) is 5.91 Å². The Balaban J connectivity index is 1.59. The molecule has 10 heteroatoms. The number of aryl methyl sites for hydroxylation is 1. The van der Waals surface area contributed by atoms with E-state index in [4.69, 9.17) is 5.73 Å². The van der Waals surface area contributed by atoms with Gasteiger partial charge in [-0.1, -0.05) is 48.5 Å². The van der Waals surface area contributed by atoms with Gasteiger partial charge in [0.05, 0.1) is 50.8 Å². The van der Waals surface area contributed by atoms with Crippen molar-refractivity contribution in [3.8, 4) is 0 Å². The van der Waals surface area contributed by atoms with Gasteiger partial charge in [-0.2, -0.15) is 0 Å². The van der Waals surface area contributed by atoms with Gasteiger partial charge in [0, 0.05) is 18.5 Å². The van der Waals surface area contributed by atoms with Crippen LogP contribution >= 0.6 is 0 Å². The lowest BCUT2D eigenvalue weighted by Gasteiger charge is -2.21. The highest BCUT2D eigenvalue weighted by molar-refractivity contribution is 5.99. The number of hydrogen-bond donors (Lipinski definition) is 4. The number of nitrogens with two attached hydrogens (primary N) is 1. The lowest BCUT2D eigenvalue weighted by molar-refractivity contribution is -0.135. The van der Waals surface area contributed by atoms with E-state index >= 15 is 0 Å². The quantitative estimate of drug-likeness (QED) is 0.211. The maximum absolute atomic E-state index is 13.2. The zero-order valence-corrected chi connectivity index (χ0v) is 23.2. The molecule has 5 N–H and O–H groups in total. The summed E-state index contributed by atoms with van der Waals surface area (Å²) in [6, 6.07) is 18.1. The number of pyridine rings is 1. The third kappa shape index (κ3) is 9.84. The zero-order valence-electron chi connectivity index (χ0n) is 23.2. The van der Waals surface area contributed by atoms with Crippen LogP contribution < -0.4 is 21.7 Å². The van der Waals surface area contributed by atoms with E-state index in [-0.39, 0.29) is 18.9 Å². The van der Waals surface area contributed by atoms with Gasteiger partial charge in [-0.15, -0.1) is 0 Å². The van der Waals surface area contributed by atoms with Crippen LogP contribution in [0.5, 0.6) is 0 Å². The predicted molar refractivity (Wildman–Crippen MR) is 159 cm³/mol. The summed E-state index contributed by atoms with van der Waals surface area (Å²) in [5, 5.41) is 8.96. The smallest absolute Gasteiger partial charge is 0.268 e. The fourth-order valence-corrected chi connectivity index (χ4v) is 4.29. The van der Waals surface area contributed by atoms with Gasteiger partial charge in [0.2, 0.25) is 17.7 Å². The van der Waals surface area contributed by atoms with E-state index in [0.29, 0.717) is 44.6 Å². The van der Waals surface area contributed by atoms with E-state index in [1.807, 2.05) is 60.7 Å². The number of rotatable bonds is 15. The Hall–Kier alpha value is -4.57. The summed E-state index contributed by atoms with van der Waals surface area (Å²) < 4.78 is 0. The molecule has 0 fully saturated rings. The number of amides is 4. The van der Waals surface area contributed by atoms with E-state index in [1.54, 1.807) is 11.1 Å². The summed E-state index contributed by atoms with van der Waals surface area (Å²) in [5.41, 5.74) is 7.89. The van der Waals surface area contributed by atoms with Gasteiger partial charge in [0.15, 0.2) is 5.92 Å². The second-order valence-corrected chi connectivity index (χ2v) is 9.69. The number of hydrogen-bond acceptors (Lipinski definition) is 6. The average Bonchev–Trinajstić information content (AvgIpc) is 2.98. The number of nitrogens with zero attached hydrogens (tertiary/aromatic N) is 2. The highest BCUT2D eigenvalue weighted by atomic mass is 16.2. The lowest BCUT2D eigenvalue weighted by atomic mass is 10.0. The minimum atomic E-state index is -0.891. The number of carbonyl (C=O) groups excluding carboxylic acids is 4. The molecule has 0 spiro atoms. The molecule has 10 nitrogen and oxygen atoms in total. The van der Waals surface area contributed by atoms with Crippen LogP contribution in [0.3, 0.4) is 0 Å². The first kappa shape index (κ1) is 31.0. The number of anilines is 1. The molecule has 1 aromatic heterocycles.